The van der Waals surface area contributed by atoms with E-state index in [9.17, 15) is 0 Å². The fourth-order valence-electron chi connectivity index (χ4n) is 2.09. The SMILES string of the molecule is CCNCc1cn(Cc2c(C)nn(C)c2Cl)nc1C. The molecule has 2 heterocycles. The minimum atomic E-state index is 0.658. The highest BCUT2D eigenvalue weighted by molar-refractivity contribution is 6.30. The van der Waals surface area contributed by atoms with Crippen molar-refractivity contribution in [2.24, 2.45) is 7.05 Å². The van der Waals surface area contributed by atoms with Gasteiger partial charge in [-0.25, -0.2) is 0 Å². The van der Waals surface area contributed by atoms with Gasteiger partial charge in [0.2, 0.25) is 0 Å². The van der Waals surface area contributed by atoms with Crippen molar-refractivity contribution in [2.75, 3.05) is 6.54 Å². The van der Waals surface area contributed by atoms with E-state index < -0.39 is 0 Å². The van der Waals surface area contributed by atoms with Crippen LogP contribution in [-0.4, -0.2) is 26.1 Å². The zero-order chi connectivity index (χ0) is 14.0. The number of aromatic nitrogens is 4. The van der Waals surface area contributed by atoms with Crippen LogP contribution in [-0.2, 0) is 20.1 Å². The van der Waals surface area contributed by atoms with Crippen LogP contribution in [0.15, 0.2) is 6.20 Å². The lowest BCUT2D eigenvalue weighted by atomic mass is 10.2. The van der Waals surface area contributed by atoms with E-state index in [0.29, 0.717) is 11.7 Å². The summed E-state index contributed by atoms with van der Waals surface area (Å²) < 4.78 is 3.63. The molecule has 19 heavy (non-hydrogen) atoms. The predicted molar refractivity (Wildman–Crippen MR) is 76.4 cm³/mol. The molecule has 0 atom stereocenters. The lowest BCUT2D eigenvalue weighted by Gasteiger charge is -2.01. The van der Waals surface area contributed by atoms with Crippen LogP contribution in [0.3, 0.4) is 0 Å². The first-order chi connectivity index (χ1) is 9.02. The average molecular weight is 282 g/mol. The molecule has 0 amide bonds. The molecule has 1 N–H and O–H groups in total. The third-order valence-corrected chi connectivity index (χ3v) is 3.68. The van der Waals surface area contributed by atoms with Gasteiger partial charge in [-0.05, 0) is 20.4 Å². The summed E-state index contributed by atoms with van der Waals surface area (Å²) in [6, 6.07) is 0. The molecule has 0 aliphatic carbocycles. The lowest BCUT2D eigenvalue weighted by molar-refractivity contribution is 0.675. The van der Waals surface area contributed by atoms with E-state index in [1.54, 1.807) is 4.68 Å². The monoisotopic (exact) mass is 281 g/mol. The summed E-state index contributed by atoms with van der Waals surface area (Å²) in [7, 11) is 1.85. The second kappa shape index (κ2) is 5.75. The van der Waals surface area contributed by atoms with Crippen LogP contribution < -0.4 is 5.32 Å². The molecule has 0 spiro atoms. The van der Waals surface area contributed by atoms with Crippen molar-refractivity contribution in [2.45, 2.75) is 33.9 Å². The quantitative estimate of drug-likeness (QED) is 0.912. The van der Waals surface area contributed by atoms with Gasteiger partial charge in [0.05, 0.1) is 17.9 Å². The molecule has 0 bridgehead atoms. The first-order valence-corrected chi connectivity index (χ1v) is 6.82. The van der Waals surface area contributed by atoms with Crippen molar-refractivity contribution in [1.82, 2.24) is 24.9 Å². The summed E-state index contributed by atoms with van der Waals surface area (Å²) in [4.78, 5) is 0. The fourth-order valence-corrected chi connectivity index (χ4v) is 2.32. The Labute approximate surface area is 118 Å². The van der Waals surface area contributed by atoms with E-state index in [0.717, 1.165) is 30.0 Å². The van der Waals surface area contributed by atoms with Crippen molar-refractivity contribution >= 4 is 11.6 Å². The van der Waals surface area contributed by atoms with Crippen LogP contribution in [0.5, 0.6) is 0 Å². The van der Waals surface area contributed by atoms with Gasteiger partial charge >= 0.3 is 0 Å². The molecule has 2 rings (SSSR count). The molecule has 0 unspecified atom stereocenters. The van der Waals surface area contributed by atoms with Crippen LogP contribution in [0.2, 0.25) is 5.15 Å². The minimum Gasteiger partial charge on any atom is -0.313 e. The van der Waals surface area contributed by atoms with Gasteiger partial charge in [-0.15, -0.1) is 0 Å². The fraction of sp³-hybridized carbons (Fsp3) is 0.538. The van der Waals surface area contributed by atoms with E-state index >= 15 is 0 Å². The molecular formula is C13H20ClN5. The molecule has 2 aromatic rings. The number of rotatable bonds is 5. The minimum absolute atomic E-state index is 0.658. The van der Waals surface area contributed by atoms with Crippen LogP contribution in [0.4, 0.5) is 0 Å². The number of nitrogens with zero attached hydrogens (tertiary/aromatic N) is 4. The Kier molecular flexibility index (Phi) is 4.27. The molecule has 6 heteroatoms. The van der Waals surface area contributed by atoms with E-state index in [1.165, 1.54) is 5.56 Å². The molecule has 0 saturated heterocycles. The van der Waals surface area contributed by atoms with Gasteiger partial charge in [0.15, 0.2) is 0 Å². The molecule has 104 valence electrons. The van der Waals surface area contributed by atoms with Gasteiger partial charge in [0.25, 0.3) is 0 Å². The highest BCUT2D eigenvalue weighted by Crippen LogP contribution is 2.20. The van der Waals surface area contributed by atoms with Crippen molar-refractivity contribution < 1.29 is 0 Å². The second-order valence-corrected chi connectivity index (χ2v) is 5.05. The number of aryl methyl sites for hydroxylation is 3. The van der Waals surface area contributed by atoms with Crippen LogP contribution in [0, 0.1) is 13.8 Å². The van der Waals surface area contributed by atoms with Crippen LogP contribution in [0.1, 0.15) is 29.4 Å². The molecule has 0 aliphatic rings. The maximum atomic E-state index is 6.24. The highest BCUT2D eigenvalue weighted by atomic mass is 35.5. The third kappa shape index (κ3) is 2.98. The van der Waals surface area contributed by atoms with Gasteiger partial charge in [-0.2, -0.15) is 10.2 Å². The van der Waals surface area contributed by atoms with Crippen molar-refractivity contribution in [3.63, 3.8) is 0 Å². The van der Waals surface area contributed by atoms with E-state index in [1.807, 2.05) is 25.6 Å². The smallest absolute Gasteiger partial charge is 0.132 e. The lowest BCUT2D eigenvalue weighted by Crippen LogP contribution is -2.11. The van der Waals surface area contributed by atoms with Gasteiger partial charge in [-0.1, -0.05) is 18.5 Å². The van der Waals surface area contributed by atoms with E-state index in [-0.39, 0.29) is 0 Å². The maximum absolute atomic E-state index is 6.24. The normalized spacial score (nSPS) is 11.2. The topological polar surface area (TPSA) is 47.7 Å². The number of nitrogens with one attached hydrogen (secondary N) is 1. The predicted octanol–water partition coefficient (Wildman–Crippen LogP) is 2.04. The molecule has 2 aromatic heterocycles. The molecule has 0 aromatic carbocycles. The zero-order valence-electron chi connectivity index (χ0n) is 11.9. The summed E-state index contributed by atoms with van der Waals surface area (Å²) in [6.07, 6.45) is 2.07. The van der Waals surface area contributed by atoms with Crippen molar-refractivity contribution in [3.05, 3.63) is 33.9 Å². The molecular weight excluding hydrogens is 262 g/mol. The highest BCUT2D eigenvalue weighted by Gasteiger charge is 2.13. The Hall–Kier alpha value is -1.33. The molecule has 0 radical (unpaired) electrons. The zero-order valence-corrected chi connectivity index (χ0v) is 12.6. The first kappa shape index (κ1) is 14.1. The number of halogens is 1. The summed E-state index contributed by atoms with van der Waals surface area (Å²) in [5.74, 6) is 0. The Balaban J connectivity index is 2.19. The Bertz CT molecular complexity index is 570. The Morgan fingerprint density at radius 1 is 1.26 bits per heavy atom. The molecule has 0 aliphatic heterocycles. The Morgan fingerprint density at radius 3 is 2.58 bits per heavy atom. The van der Waals surface area contributed by atoms with Crippen LogP contribution in [0.25, 0.3) is 0 Å². The van der Waals surface area contributed by atoms with Gasteiger partial charge < -0.3 is 5.32 Å². The van der Waals surface area contributed by atoms with Gasteiger partial charge in [-0.3, -0.25) is 9.36 Å². The molecule has 5 nitrogen and oxygen atoms in total. The molecule has 0 saturated carbocycles. The van der Waals surface area contributed by atoms with Gasteiger partial charge in [0.1, 0.15) is 5.15 Å². The average Bonchev–Trinajstić information content (AvgIpc) is 2.82. The standard InChI is InChI=1S/C13H20ClN5/c1-5-15-6-11-7-19(17-9(11)2)8-12-10(3)16-18(4)13(12)14/h7,15H,5-6,8H2,1-4H3. The van der Waals surface area contributed by atoms with Crippen LogP contribution >= 0.6 is 11.6 Å². The third-order valence-electron chi connectivity index (χ3n) is 3.20. The summed E-state index contributed by atoms with van der Waals surface area (Å²) >= 11 is 6.24. The van der Waals surface area contributed by atoms with E-state index in [2.05, 4.69) is 28.6 Å². The summed E-state index contributed by atoms with van der Waals surface area (Å²) in [5.41, 5.74) is 4.26. The summed E-state index contributed by atoms with van der Waals surface area (Å²) in [6.45, 7) is 8.56. The molecule has 0 fully saturated rings. The largest absolute Gasteiger partial charge is 0.313 e. The van der Waals surface area contributed by atoms with Crippen molar-refractivity contribution in [3.8, 4) is 0 Å². The number of hydrogen-bond donors (Lipinski definition) is 1. The maximum Gasteiger partial charge on any atom is 0.132 e. The van der Waals surface area contributed by atoms with Crippen molar-refractivity contribution in [1.29, 1.82) is 0 Å². The summed E-state index contributed by atoms with van der Waals surface area (Å²) in [5, 5.41) is 12.8. The van der Waals surface area contributed by atoms with Gasteiger partial charge in [0, 0.05) is 30.9 Å². The number of hydrogen-bond acceptors (Lipinski definition) is 3. The first-order valence-electron chi connectivity index (χ1n) is 6.44. The second-order valence-electron chi connectivity index (χ2n) is 4.70. The van der Waals surface area contributed by atoms with E-state index in [4.69, 9.17) is 11.6 Å². The Morgan fingerprint density at radius 2 is 2.00 bits per heavy atom.